The molecule has 0 aromatic heterocycles. The molecule has 0 radical (unpaired) electrons. The molecule has 0 amide bonds. The standard InChI is InChI=1S/C5H8N2/c1-3-5-7-6-4-2/h3-4H,1-2,5H2. The van der Waals surface area contributed by atoms with Crippen molar-refractivity contribution in [2.45, 2.75) is 0 Å². The highest BCUT2D eigenvalue weighted by Gasteiger charge is 1.60. The molecule has 0 aliphatic rings. The van der Waals surface area contributed by atoms with E-state index in [0.717, 1.165) is 0 Å². The van der Waals surface area contributed by atoms with Crippen molar-refractivity contribution < 1.29 is 0 Å². The van der Waals surface area contributed by atoms with E-state index in [2.05, 4.69) is 23.4 Å². The van der Waals surface area contributed by atoms with Gasteiger partial charge in [0.25, 0.3) is 0 Å². The summed E-state index contributed by atoms with van der Waals surface area (Å²) >= 11 is 0. The second-order valence-corrected chi connectivity index (χ2v) is 0.911. The van der Waals surface area contributed by atoms with E-state index in [4.69, 9.17) is 0 Å². The van der Waals surface area contributed by atoms with Crippen molar-refractivity contribution in [2.75, 3.05) is 6.54 Å². The summed E-state index contributed by atoms with van der Waals surface area (Å²) in [6, 6.07) is 0. The van der Waals surface area contributed by atoms with E-state index in [1.54, 1.807) is 6.08 Å². The summed E-state index contributed by atoms with van der Waals surface area (Å²) in [4.78, 5) is 0. The third-order valence-electron chi connectivity index (χ3n) is 0.374. The second-order valence-electron chi connectivity index (χ2n) is 0.911. The molecule has 0 bridgehead atoms. The first-order valence-corrected chi connectivity index (χ1v) is 2.00. The molecule has 0 aromatic carbocycles. The molecule has 0 aromatic rings. The molecule has 0 rings (SSSR count). The summed E-state index contributed by atoms with van der Waals surface area (Å²) < 4.78 is 0. The molecule has 7 heavy (non-hydrogen) atoms. The molecule has 0 saturated carbocycles. The largest absolute Gasteiger partial charge is 0.185 e. The molecule has 0 aliphatic heterocycles. The molecular weight excluding hydrogens is 88.1 g/mol. The van der Waals surface area contributed by atoms with E-state index < -0.39 is 0 Å². The smallest absolute Gasteiger partial charge is 0.0781 e. The molecule has 0 fully saturated rings. The average Bonchev–Trinajstić information content (AvgIpc) is 1.69. The molecule has 38 valence electrons. The Morgan fingerprint density at radius 2 is 2.14 bits per heavy atom. The first-order chi connectivity index (χ1) is 3.41. The lowest BCUT2D eigenvalue weighted by Gasteiger charge is -1.72. The third-order valence-corrected chi connectivity index (χ3v) is 0.374. The second kappa shape index (κ2) is 5.08. The van der Waals surface area contributed by atoms with Gasteiger partial charge in [-0.15, -0.1) is 6.58 Å². The van der Waals surface area contributed by atoms with Gasteiger partial charge in [-0.05, 0) is 0 Å². The minimum atomic E-state index is 0.575. The Morgan fingerprint density at radius 1 is 1.43 bits per heavy atom. The maximum absolute atomic E-state index is 3.60. The van der Waals surface area contributed by atoms with Crippen LogP contribution in [0.1, 0.15) is 0 Å². The van der Waals surface area contributed by atoms with Crippen LogP contribution in [0, 0.1) is 0 Å². The highest BCUT2D eigenvalue weighted by Crippen LogP contribution is 1.73. The van der Waals surface area contributed by atoms with Crippen molar-refractivity contribution >= 4 is 0 Å². The fourth-order valence-corrected chi connectivity index (χ4v) is 0.163. The number of hydrogen-bond acceptors (Lipinski definition) is 2. The van der Waals surface area contributed by atoms with E-state index in [1.807, 2.05) is 0 Å². The monoisotopic (exact) mass is 96.1 g/mol. The predicted octanol–water partition coefficient (Wildman–Crippen LogP) is 1.77. The Bertz CT molecular complexity index is 84.1. The summed E-state index contributed by atoms with van der Waals surface area (Å²) in [5.74, 6) is 0. The van der Waals surface area contributed by atoms with Crippen LogP contribution < -0.4 is 0 Å². The first-order valence-electron chi connectivity index (χ1n) is 2.00. The van der Waals surface area contributed by atoms with Gasteiger partial charge in [0.1, 0.15) is 0 Å². The van der Waals surface area contributed by atoms with Gasteiger partial charge in [0.05, 0.1) is 6.54 Å². The van der Waals surface area contributed by atoms with Crippen LogP contribution in [0.25, 0.3) is 0 Å². The van der Waals surface area contributed by atoms with Crippen LogP contribution in [-0.2, 0) is 0 Å². The molecular formula is C5H8N2. The lowest BCUT2D eigenvalue weighted by Crippen LogP contribution is -1.61. The van der Waals surface area contributed by atoms with Gasteiger partial charge in [0.2, 0.25) is 0 Å². The van der Waals surface area contributed by atoms with Crippen LogP contribution in [-0.4, -0.2) is 6.54 Å². The van der Waals surface area contributed by atoms with Gasteiger partial charge in [0, 0.05) is 6.20 Å². The van der Waals surface area contributed by atoms with Gasteiger partial charge in [-0.3, -0.25) is 0 Å². The normalized spacial score (nSPS) is 9.14. The zero-order chi connectivity index (χ0) is 5.54. The van der Waals surface area contributed by atoms with E-state index in [-0.39, 0.29) is 0 Å². The Hall–Kier alpha value is -0.920. The third kappa shape index (κ3) is 5.08. The average molecular weight is 96.1 g/mol. The minimum absolute atomic E-state index is 0.575. The van der Waals surface area contributed by atoms with Crippen LogP contribution >= 0.6 is 0 Å². The van der Waals surface area contributed by atoms with Crippen molar-refractivity contribution in [1.29, 1.82) is 0 Å². The van der Waals surface area contributed by atoms with Gasteiger partial charge < -0.3 is 0 Å². The topological polar surface area (TPSA) is 24.7 Å². The molecule has 0 heterocycles. The maximum Gasteiger partial charge on any atom is 0.0781 e. The number of nitrogens with zero attached hydrogens (tertiary/aromatic N) is 2. The molecule has 0 unspecified atom stereocenters. The molecule has 2 nitrogen and oxygen atoms in total. The van der Waals surface area contributed by atoms with Gasteiger partial charge in [-0.1, -0.05) is 12.7 Å². The predicted molar refractivity (Wildman–Crippen MR) is 30.1 cm³/mol. The quantitative estimate of drug-likeness (QED) is 0.378. The van der Waals surface area contributed by atoms with Gasteiger partial charge in [0.15, 0.2) is 0 Å². The SMILES string of the molecule is C=CCN=NC=C. The molecule has 2 heteroatoms. The van der Waals surface area contributed by atoms with Crippen LogP contribution in [0.2, 0.25) is 0 Å². The molecule has 0 aliphatic carbocycles. The van der Waals surface area contributed by atoms with Crippen molar-refractivity contribution in [3.05, 3.63) is 25.4 Å². The van der Waals surface area contributed by atoms with Crippen molar-refractivity contribution in [3.8, 4) is 0 Å². The van der Waals surface area contributed by atoms with Crippen LogP contribution in [0.5, 0.6) is 0 Å². The van der Waals surface area contributed by atoms with E-state index in [0.29, 0.717) is 6.54 Å². The fraction of sp³-hybridized carbons (Fsp3) is 0.200. The maximum atomic E-state index is 3.60. The lowest BCUT2D eigenvalue weighted by molar-refractivity contribution is 1.07. The Labute approximate surface area is 43.3 Å². The Balaban J connectivity index is 3.08. The molecule has 0 N–H and O–H groups in total. The van der Waals surface area contributed by atoms with Crippen molar-refractivity contribution in [3.63, 3.8) is 0 Å². The summed E-state index contributed by atoms with van der Waals surface area (Å²) in [6.45, 7) is 7.36. The summed E-state index contributed by atoms with van der Waals surface area (Å²) in [6.07, 6.45) is 3.07. The zero-order valence-corrected chi connectivity index (χ0v) is 4.17. The van der Waals surface area contributed by atoms with Crippen molar-refractivity contribution in [1.82, 2.24) is 0 Å². The summed E-state index contributed by atoms with van der Waals surface area (Å²) in [5, 5.41) is 7.08. The van der Waals surface area contributed by atoms with Crippen LogP contribution in [0.15, 0.2) is 35.7 Å². The van der Waals surface area contributed by atoms with Gasteiger partial charge >= 0.3 is 0 Å². The van der Waals surface area contributed by atoms with Gasteiger partial charge in [-0.2, -0.15) is 10.2 Å². The molecule has 0 atom stereocenters. The van der Waals surface area contributed by atoms with E-state index in [1.165, 1.54) is 6.20 Å². The van der Waals surface area contributed by atoms with E-state index in [9.17, 15) is 0 Å². The van der Waals surface area contributed by atoms with Crippen LogP contribution in [0.3, 0.4) is 0 Å². The Kier molecular flexibility index (Phi) is 4.41. The number of azo groups is 1. The Morgan fingerprint density at radius 3 is 2.57 bits per heavy atom. The number of hydrogen-bond donors (Lipinski definition) is 0. The minimum Gasteiger partial charge on any atom is -0.185 e. The highest BCUT2D eigenvalue weighted by molar-refractivity contribution is 4.69. The van der Waals surface area contributed by atoms with E-state index >= 15 is 0 Å². The van der Waals surface area contributed by atoms with Crippen LogP contribution in [0.4, 0.5) is 0 Å². The molecule has 0 spiro atoms. The fourth-order valence-electron chi connectivity index (χ4n) is 0.163. The highest BCUT2D eigenvalue weighted by atomic mass is 15.1. The molecule has 0 saturated heterocycles. The summed E-state index contributed by atoms with van der Waals surface area (Å²) in [5.41, 5.74) is 0. The van der Waals surface area contributed by atoms with Crippen molar-refractivity contribution in [2.24, 2.45) is 10.2 Å². The zero-order valence-electron chi connectivity index (χ0n) is 4.17. The summed E-state index contributed by atoms with van der Waals surface area (Å²) in [7, 11) is 0. The number of rotatable bonds is 3. The lowest BCUT2D eigenvalue weighted by atomic mass is 10.7. The van der Waals surface area contributed by atoms with Gasteiger partial charge in [-0.25, -0.2) is 0 Å². The first kappa shape index (κ1) is 6.08.